The van der Waals surface area contributed by atoms with E-state index in [0.29, 0.717) is 25.4 Å². The number of carbonyl (C=O) groups excluding carboxylic acids is 1. The molecule has 0 spiro atoms. The summed E-state index contributed by atoms with van der Waals surface area (Å²) in [6.45, 7) is 5.62. The smallest absolute Gasteiger partial charge is 0.257 e. The molecule has 1 heterocycles. The largest absolute Gasteiger partial charge is 0.494 e. The van der Waals surface area contributed by atoms with Crippen LogP contribution < -0.4 is 10.1 Å². The highest BCUT2D eigenvalue weighted by molar-refractivity contribution is 7.89. The van der Waals surface area contributed by atoms with E-state index in [1.807, 2.05) is 13.0 Å². The van der Waals surface area contributed by atoms with Gasteiger partial charge >= 0.3 is 0 Å². The summed E-state index contributed by atoms with van der Waals surface area (Å²) < 4.78 is 32.8. The zero-order valence-corrected chi connectivity index (χ0v) is 18.9. The van der Waals surface area contributed by atoms with Crippen LogP contribution in [0.15, 0.2) is 41.3 Å². The zero-order valence-electron chi connectivity index (χ0n) is 17.3. The molecule has 0 radical (unpaired) electrons. The average molecular weight is 451 g/mol. The van der Waals surface area contributed by atoms with Crippen LogP contribution in [0.2, 0.25) is 5.02 Å². The Morgan fingerprint density at radius 3 is 2.57 bits per heavy atom. The van der Waals surface area contributed by atoms with E-state index in [1.165, 1.54) is 22.5 Å². The zero-order chi connectivity index (χ0) is 21.7. The van der Waals surface area contributed by atoms with Gasteiger partial charge in [-0.15, -0.1) is 0 Å². The van der Waals surface area contributed by atoms with Crippen LogP contribution in [-0.4, -0.2) is 38.3 Å². The summed E-state index contributed by atoms with van der Waals surface area (Å²) in [6, 6.07) is 9.68. The van der Waals surface area contributed by atoms with E-state index < -0.39 is 15.9 Å². The van der Waals surface area contributed by atoms with Gasteiger partial charge in [-0.3, -0.25) is 4.79 Å². The number of unbranched alkanes of at least 4 members (excludes halogenated alkanes) is 1. The van der Waals surface area contributed by atoms with E-state index in [1.54, 1.807) is 12.1 Å². The van der Waals surface area contributed by atoms with E-state index in [4.69, 9.17) is 16.3 Å². The van der Waals surface area contributed by atoms with Crippen molar-refractivity contribution in [1.82, 2.24) is 4.31 Å². The van der Waals surface area contributed by atoms with E-state index in [2.05, 4.69) is 12.2 Å². The molecule has 30 heavy (non-hydrogen) atoms. The SMILES string of the molecule is CCCCOc1ccc(NC(=O)c2cc(S(=O)(=O)N3CCCC3)ccc2Cl)c(C)c1. The number of ether oxygens (including phenoxy) is 1. The Morgan fingerprint density at radius 2 is 1.90 bits per heavy atom. The summed E-state index contributed by atoms with van der Waals surface area (Å²) in [7, 11) is -3.63. The predicted molar refractivity (Wildman–Crippen MR) is 119 cm³/mol. The van der Waals surface area contributed by atoms with Crippen LogP contribution in [0.1, 0.15) is 48.5 Å². The standard InChI is InChI=1S/C22H27ClN2O4S/c1-3-4-13-29-17-7-10-21(16(2)14-17)24-22(26)19-15-18(8-9-20(19)23)30(27,28)25-11-5-6-12-25/h7-10,14-15H,3-6,11-13H2,1-2H3,(H,24,26). The first-order valence-electron chi connectivity index (χ1n) is 10.2. The van der Waals surface area contributed by atoms with Crippen molar-refractivity contribution in [2.75, 3.05) is 25.0 Å². The third-order valence-electron chi connectivity index (χ3n) is 5.10. The molecule has 0 bridgehead atoms. The first-order valence-corrected chi connectivity index (χ1v) is 12.0. The molecule has 1 fully saturated rings. The van der Waals surface area contributed by atoms with E-state index in [9.17, 15) is 13.2 Å². The van der Waals surface area contributed by atoms with Crippen LogP contribution in [0.25, 0.3) is 0 Å². The third-order valence-corrected chi connectivity index (χ3v) is 7.32. The van der Waals surface area contributed by atoms with Gasteiger partial charge in [0.05, 0.1) is 22.1 Å². The molecular weight excluding hydrogens is 424 g/mol. The molecule has 162 valence electrons. The molecule has 1 aliphatic rings. The first-order chi connectivity index (χ1) is 14.3. The number of aryl methyl sites for hydroxylation is 1. The number of hydrogen-bond acceptors (Lipinski definition) is 4. The lowest BCUT2D eigenvalue weighted by molar-refractivity contribution is 0.102. The van der Waals surface area contributed by atoms with Gasteiger partial charge in [0, 0.05) is 18.8 Å². The topological polar surface area (TPSA) is 75.7 Å². The maximum absolute atomic E-state index is 12.8. The van der Waals surface area contributed by atoms with Crippen LogP contribution in [-0.2, 0) is 10.0 Å². The van der Waals surface area contributed by atoms with Gasteiger partial charge in [0.15, 0.2) is 0 Å². The molecule has 3 rings (SSSR count). The summed E-state index contributed by atoms with van der Waals surface area (Å²) in [6.07, 6.45) is 3.72. The summed E-state index contributed by atoms with van der Waals surface area (Å²) in [5.41, 5.74) is 1.58. The van der Waals surface area contributed by atoms with E-state index in [-0.39, 0.29) is 15.5 Å². The van der Waals surface area contributed by atoms with Crippen molar-refractivity contribution in [2.45, 2.75) is 44.4 Å². The average Bonchev–Trinajstić information content (AvgIpc) is 3.26. The normalized spacial score (nSPS) is 14.6. The molecule has 1 amide bonds. The summed E-state index contributed by atoms with van der Waals surface area (Å²) >= 11 is 6.21. The molecule has 1 saturated heterocycles. The minimum absolute atomic E-state index is 0.0790. The fourth-order valence-corrected chi connectivity index (χ4v) is 5.05. The van der Waals surface area contributed by atoms with Crippen molar-refractivity contribution >= 4 is 33.2 Å². The number of amides is 1. The lowest BCUT2D eigenvalue weighted by Crippen LogP contribution is -2.28. The Balaban J connectivity index is 1.78. The van der Waals surface area contributed by atoms with Gasteiger partial charge in [-0.2, -0.15) is 4.31 Å². The lowest BCUT2D eigenvalue weighted by Gasteiger charge is -2.17. The van der Waals surface area contributed by atoms with Crippen molar-refractivity contribution in [3.63, 3.8) is 0 Å². The number of sulfonamides is 1. The minimum Gasteiger partial charge on any atom is -0.494 e. The maximum Gasteiger partial charge on any atom is 0.257 e. The van der Waals surface area contributed by atoms with Gasteiger partial charge in [-0.05, 0) is 68.1 Å². The Labute approximate surface area is 183 Å². The number of benzene rings is 2. The molecule has 0 aliphatic carbocycles. The summed E-state index contributed by atoms with van der Waals surface area (Å²) in [5, 5.41) is 3.02. The van der Waals surface area contributed by atoms with Crippen LogP contribution >= 0.6 is 11.6 Å². The van der Waals surface area contributed by atoms with Crippen LogP contribution in [0.5, 0.6) is 5.75 Å². The summed E-state index contributed by atoms with van der Waals surface area (Å²) in [4.78, 5) is 12.9. The monoisotopic (exact) mass is 450 g/mol. The van der Waals surface area contributed by atoms with Crippen molar-refractivity contribution in [3.05, 3.63) is 52.5 Å². The molecule has 2 aromatic rings. The van der Waals surface area contributed by atoms with Gasteiger partial charge < -0.3 is 10.1 Å². The Morgan fingerprint density at radius 1 is 1.17 bits per heavy atom. The van der Waals surface area contributed by atoms with E-state index >= 15 is 0 Å². The highest BCUT2D eigenvalue weighted by atomic mass is 35.5. The fraction of sp³-hybridized carbons (Fsp3) is 0.409. The number of nitrogens with zero attached hydrogens (tertiary/aromatic N) is 1. The van der Waals surface area contributed by atoms with Gasteiger partial charge in [0.1, 0.15) is 5.75 Å². The Hall–Kier alpha value is -2.09. The predicted octanol–water partition coefficient (Wildman–Crippen LogP) is 4.86. The van der Waals surface area contributed by atoms with Gasteiger partial charge in [0.2, 0.25) is 10.0 Å². The first kappa shape index (κ1) is 22.6. The number of rotatable bonds is 8. The Bertz CT molecular complexity index is 1020. The Kier molecular flexibility index (Phi) is 7.39. The molecule has 0 saturated carbocycles. The number of nitrogens with one attached hydrogen (secondary N) is 1. The molecule has 0 unspecified atom stereocenters. The highest BCUT2D eigenvalue weighted by Crippen LogP contribution is 2.27. The number of halogens is 1. The number of carbonyl (C=O) groups is 1. The molecule has 8 heteroatoms. The van der Waals surface area contributed by atoms with Crippen molar-refractivity contribution in [2.24, 2.45) is 0 Å². The second kappa shape index (κ2) is 9.81. The van der Waals surface area contributed by atoms with Gasteiger partial charge in [-0.25, -0.2) is 8.42 Å². The molecule has 2 aromatic carbocycles. The summed E-state index contributed by atoms with van der Waals surface area (Å²) in [5.74, 6) is 0.289. The lowest BCUT2D eigenvalue weighted by atomic mass is 10.1. The highest BCUT2D eigenvalue weighted by Gasteiger charge is 2.28. The van der Waals surface area contributed by atoms with Crippen molar-refractivity contribution in [1.29, 1.82) is 0 Å². The van der Waals surface area contributed by atoms with E-state index in [0.717, 1.165) is 37.0 Å². The molecule has 0 atom stereocenters. The molecule has 6 nitrogen and oxygen atoms in total. The van der Waals surface area contributed by atoms with Crippen LogP contribution in [0, 0.1) is 6.92 Å². The molecular formula is C22H27ClN2O4S. The fourth-order valence-electron chi connectivity index (χ4n) is 3.31. The van der Waals surface area contributed by atoms with Crippen LogP contribution in [0.4, 0.5) is 5.69 Å². The van der Waals surface area contributed by atoms with Gasteiger partial charge in [0.25, 0.3) is 5.91 Å². The second-order valence-corrected chi connectivity index (χ2v) is 9.73. The maximum atomic E-state index is 12.8. The number of hydrogen-bond donors (Lipinski definition) is 1. The number of anilines is 1. The third kappa shape index (κ3) is 5.14. The molecule has 1 N–H and O–H groups in total. The molecule has 0 aromatic heterocycles. The van der Waals surface area contributed by atoms with Crippen molar-refractivity contribution in [3.8, 4) is 5.75 Å². The van der Waals surface area contributed by atoms with Crippen LogP contribution in [0.3, 0.4) is 0 Å². The second-order valence-electron chi connectivity index (χ2n) is 7.39. The van der Waals surface area contributed by atoms with Gasteiger partial charge in [-0.1, -0.05) is 24.9 Å². The quantitative estimate of drug-likeness (QED) is 0.582. The van der Waals surface area contributed by atoms with Crippen molar-refractivity contribution < 1.29 is 17.9 Å². The minimum atomic E-state index is -3.63. The molecule has 1 aliphatic heterocycles.